The zero-order valence-electron chi connectivity index (χ0n) is 8.82. The zero-order chi connectivity index (χ0) is 10.4. The molecule has 1 amide bonds. The highest BCUT2D eigenvalue weighted by atomic mass is 35.5. The normalized spacial score (nSPS) is 9.20. The second-order valence-corrected chi connectivity index (χ2v) is 3.14. The molecule has 15 heavy (non-hydrogen) atoms. The number of rotatable bonds is 4. The van der Waals surface area contributed by atoms with Crippen LogP contribution in [-0.4, -0.2) is 12.5 Å². The first kappa shape index (κ1) is 13.9. The molecule has 0 spiro atoms. The molecule has 3 nitrogen and oxygen atoms in total. The summed E-state index contributed by atoms with van der Waals surface area (Å²) in [6.45, 7) is 2.49. The fourth-order valence-electron chi connectivity index (χ4n) is 1.18. The summed E-state index contributed by atoms with van der Waals surface area (Å²) in [5.41, 5.74) is 7.37. The van der Waals surface area contributed by atoms with Gasteiger partial charge in [-0.25, -0.2) is 0 Å². The molecule has 1 aromatic carbocycles. The smallest absolute Gasteiger partial charge is 0.225 e. The Morgan fingerprint density at radius 2 is 1.93 bits per heavy atom. The first-order valence-electron chi connectivity index (χ1n) is 4.85. The molecular formula is C11H17ClN2O. The Balaban J connectivity index is 0.00000196. The van der Waals surface area contributed by atoms with Crippen LogP contribution in [0.4, 0.5) is 5.69 Å². The first-order valence-corrected chi connectivity index (χ1v) is 4.85. The van der Waals surface area contributed by atoms with Crippen LogP contribution in [0.1, 0.15) is 18.9 Å². The van der Waals surface area contributed by atoms with Crippen molar-refractivity contribution in [2.24, 2.45) is 5.73 Å². The lowest BCUT2D eigenvalue weighted by Crippen LogP contribution is -2.16. The third-order valence-corrected chi connectivity index (χ3v) is 2.02. The zero-order valence-corrected chi connectivity index (χ0v) is 9.64. The van der Waals surface area contributed by atoms with Crippen molar-refractivity contribution in [3.05, 3.63) is 29.8 Å². The average molecular weight is 229 g/mol. The number of hydrogen-bond donors (Lipinski definition) is 2. The number of benzene rings is 1. The minimum Gasteiger partial charge on any atom is -0.330 e. The second-order valence-electron chi connectivity index (χ2n) is 3.14. The monoisotopic (exact) mass is 228 g/mol. The quantitative estimate of drug-likeness (QED) is 0.828. The minimum atomic E-state index is -0.0308. The number of halogens is 1. The molecule has 0 radical (unpaired) electrons. The number of anilines is 1. The number of carbonyl (C=O) groups is 1. The number of aryl methyl sites for hydroxylation is 1. The number of nitrogens with two attached hydrogens (primary N) is 1. The summed E-state index contributed by atoms with van der Waals surface area (Å²) < 4.78 is 0. The first-order chi connectivity index (χ1) is 6.76. The summed E-state index contributed by atoms with van der Waals surface area (Å²) in [5, 5.41) is 2.78. The van der Waals surface area contributed by atoms with E-state index in [0.29, 0.717) is 13.0 Å². The van der Waals surface area contributed by atoms with E-state index in [-0.39, 0.29) is 18.3 Å². The van der Waals surface area contributed by atoms with Gasteiger partial charge in [-0.05, 0) is 24.1 Å². The Bertz CT molecular complexity index is 298. The maximum Gasteiger partial charge on any atom is 0.225 e. The van der Waals surface area contributed by atoms with Crippen LogP contribution >= 0.6 is 12.4 Å². The molecule has 0 saturated heterocycles. The molecule has 0 fully saturated rings. The molecule has 0 aliphatic heterocycles. The van der Waals surface area contributed by atoms with Crippen molar-refractivity contribution >= 4 is 24.0 Å². The lowest BCUT2D eigenvalue weighted by Gasteiger charge is -2.04. The van der Waals surface area contributed by atoms with Gasteiger partial charge in [-0.3, -0.25) is 4.79 Å². The summed E-state index contributed by atoms with van der Waals surface area (Å²) in [5.74, 6) is -0.0308. The molecule has 0 bridgehead atoms. The SMILES string of the molecule is CCc1ccc(NC(=O)CCN)cc1.Cl. The molecule has 0 aromatic heterocycles. The summed E-state index contributed by atoms with van der Waals surface area (Å²) in [6.07, 6.45) is 1.38. The summed E-state index contributed by atoms with van der Waals surface area (Å²) >= 11 is 0. The van der Waals surface area contributed by atoms with Crippen molar-refractivity contribution in [3.63, 3.8) is 0 Å². The summed E-state index contributed by atoms with van der Waals surface area (Å²) in [7, 11) is 0. The van der Waals surface area contributed by atoms with E-state index >= 15 is 0 Å². The lowest BCUT2D eigenvalue weighted by molar-refractivity contribution is -0.116. The maximum atomic E-state index is 11.2. The predicted octanol–water partition coefficient (Wildman–Crippen LogP) is 1.96. The molecule has 3 N–H and O–H groups in total. The topological polar surface area (TPSA) is 55.1 Å². The Labute approximate surface area is 96.5 Å². The molecule has 1 rings (SSSR count). The van der Waals surface area contributed by atoms with Crippen LogP contribution in [0.2, 0.25) is 0 Å². The van der Waals surface area contributed by atoms with Gasteiger partial charge in [0.15, 0.2) is 0 Å². The lowest BCUT2D eigenvalue weighted by atomic mass is 10.1. The highest BCUT2D eigenvalue weighted by molar-refractivity contribution is 5.90. The third kappa shape index (κ3) is 4.81. The number of amides is 1. The summed E-state index contributed by atoms with van der Waals surface area (Å²) in [4.78, 5) is 11.2. The van der Waals surface area contributed by atoms with E-state index in [1.165, 1.54) is 5.56 Å². The third-order valence-electron chi connectivity index (χ3n) is 2.02. The van der Waals surface area contributed by atoms with Crippen molar-refractivity contribution in [3.8, 4) is 0 Å². The summed E-state index contributed by atoms with van der Waals surface area (Å²) in [6, 6.07) is 7.84. The second kappa shape index (κ2) is 7.26. The van der Waals surface area contributed by atoms with Crippen LogP contribution in [0.15, 0.2) is 24.3 Å². The van der Waals surface area contributed by atoms with Gasteiger partial charge in [0.1, 0.15) is 0 Å². The van der Waals surface area contributed by atoms with E-state index in [1.54, 1.807) is 0 Å². The molecule has 0 saturated carbocycles. The maximum absolute atomic E-state index is 11.2. The Morgan fingerprint density at radius 3 is 2.40 bits per heavy atom. The van der Waals surface area contributed by atoms with Gasteiger partial charge in [-0.1, -0.05) is 19.1 Å². The van der Waals surface area contributed by atoms with Gasteiger partial charge >= 0.3 is 0 Å². The molecule has 0 heterocycles. The van der Waals surface area contributed by atoms with Gasteiger partial charge < -0.3 is 11.1 Å². The molecule has 4 heteroatoms. The van der Waals surface area contributed by atoms with E-state index in [0.717, 1.165) is 12.1 Å². The highest BCUT2D eigenvalue weighted by Gasteiger charge is 1.99. The average Bonchev–Trinajstić information content (AvgIpc) is 2.19. The number of nitrogens with one attached hydrogen (secondary N) is 1. The molecule has 84 valence electrons. The molecule has 0 aliphatic rings. The van der Waals surface area contributed by atoms with Gasteiger partial charge in [0, 0.05) is 18.7 Å². The molecule has 0 aliphatic carbocycles. The van der Waals surface area contributed by atoms with Crippen molar-refractivity contribution in [2.45, 2.75) is 19.8 Å². The molecule has 0 atom stereocenters. The fraction of sp³-hybridized carbons (Fsp3) is 0.364. The van der Waals surface area contributed by atoms with Crippen LogP contribution < -0.4 is 11.1 Å². The van der Waals surface area contributed by atoms with E-state index in [2.05, 4.69) is 12.2 Å². The van der Waals surface area contributed by atoms with Gasteiger partial charge in [0.05, 0.1) is 0 Å². The van der Waals surface area contributed by atoms with E-state index in [1.807, 2.05) is 24.3 Å². The van der Waals surface area contributed by atoms with Gasteiger partial charge in [0.25, 0.3) is 0 Å². The van der Waals surface area contributed by atoms with E-state index < -0.39 is 0 Å². The van der Waals surface area contributed by atoms with Crippen LogP contribution in [0.25, 0.3) is 0 Å². The van der Waals surface area contributed by atoms with Crippen molar-refractivity contribution in [2.75, 3.05) is 11.9 Å². The molecule has 1 aromatic rings. The largest absolute Gasteiger partial charge is 0.330 e. The van der Waals surface area contributed by atoms with Crippen molar-refractivity contribution in [1.82, 2.24) is 0 Å². The Morgan fingerprint density at radius 1 is 1.33 bits per heavy atom. The van der Waals surface area contributed by atoms with Gasteiger partial charge in [0.2, 0.25) is 5.91 Å². The fourth-order valence-corrected chi connectivity index (χ4v) is 1.18. The van der Waals surface area contributed by atoms with Crippen LogP contribution in [-0.2, 0) is 11.2 Å². The number of carbonyl (C=O) groups excluding carboxylic acids is 1. The highest BCUT2D eigenvalue weighted by Crippen LogP contribution is 2.09. The van der Waals surface area contributed by atoms with E-state index in [4.69, 9.17) is 5.73 Å². The standard InChI is InChI=1S/C11H16N2O.ClH/c1-2-9-3-5-10(6-4-9)13-11(14)7-8-12;/h3-6H,2,7-8,12H2,1H3,(H,13,14);1H. The van der Waals surface area contributed by atoms with Crippen molar-refractivity contribution < 1.29 is 4.79 Å². The van der Waals surface area contributed by atoms with E-state index in [9.17, 15) is 4.79 Å². The molecular weight excluding hydrogens is 212 g/mol. The van der Waals surface area contributed by atoms with Gasteiger partial charge in [-0.15, -0.1) is 12.4 Å². The van der Waals surface area contributed by atoms with Crippen molar-refractivity contribution in [1.29, 1.82) is 0 Å². The Kier molecular flexibility index (Phi) is 6.75. The minimum absolute atomic E-state index is 0. The molecule has 0 unspecified atom stereocenters. The van der Waals surface area contributed by atoms with Crippen LogP contribution in [0.3, 0.4) is 0 Å². The Hall–Kier alpha value is -1.06. The van der Waals surface area contributed by atoms with Gasteiger partial charge in [-0.2, -0.15) is 0 Å². The van der Waals surface area contributed by atoms with Crippen LogP contribution in [0, 0.1) is 0 Å². The predicted molar refractivity (Wildman–Crippen MR) is 65.4 cm³/mol. The number of hydrogen-bond acceptors (Lipinski definition) is 2. The van der Waals surface area contributed by atoms with Crippen LogP contribution in [0.5, 0.6) is 0 Å².